The molecule has 0 aliphatic rings. The second-order valence-electron chi connectivity index (χ2n) is 3.98. The van der Waals surface area contributed by atoms with Gasteiger partial charge in [-0.15, -0.1) is 0 Å². The van der Waals surface area contributed by atoms with Gasteiger partial charge in [0.25, 0.3) is 10.1 Å². The van der Waals surface area contributed by atoms with E-state index in [-0.39, 0.29) is 6.42 Å². The number of carbonyl (C=O) groups is 1. The molecule has 0 aromatic heterocycles. The van der Waals surface area contributed by atoms with Crippen molar-refractivity contribution in [1.82, 2.24) is 0 Å². The van der Waals surface area contributed by atoms with Crippen LogP contribution >= 0.6 is 0 Å². The first-order valence-corrected chi connectivity index (χ1v) is 6.90. The lowest BCUT2D eigenvalue weighted by atomic mass is 10.2. The van der Waals surface area contributed by atoms with Gasteiger partial charge >= 0.3 is 5.97 Å². The molecule has 0 fully saturated rings. The van der Waals surface area contributed by atoms with Gasteiger partial charge < -0.3 is 10.4 Å². The summed E-state index contributed by atoms with van der Waals surface area (Å²) in [7, 11) is -4.16. The highest BCUT2D eigenvalue weighted by Crippen LogP contribution is 2.12. The van der Waals surface area contributed by atoms with Crippen LogP contribution in [-0.4, -0.2) is 35.8 Å². The summed E-state index contributed by atoms with van der Waals surface area (Å²) < 4.78 is 29.8. The van der Waals surface area contributed by atoms with Crippen LogP contribution in [0.15, 0.2) is 24.3 Å². The molecule has 1 aromatic rings. The summed E-state index contributed by atoms with van der Waals surface area (Å²) in [5.41, 5.74) is 1.62. The monoisotopic (exact) mass is 273 g/mol. The van der Waals surface area contributed by atoms with E-state index in [0.29, 0.717) is 5.69 Å². The molecule has 7 heteroatoms. The van der Waals surface area contributed by atoms with Crippen molar-refractivity contribution < 1.29 is 22.9 Å². The molecule has 0 heterocycles. The van der Waals surface area contributed by atoms with Crippen LogP contribution in [-0.2, 0) is 14.9 Å². The van der Waals surface area contributed by atoms with Crippen molar-refractivity contribution in [3.05, 3.63) is 29.8 Å². The van der Waals surface area contributed by atoms with E-state index in [2.05, 4.69) is 5.32 Å². The fraction of sp³-hybridized carbons (Fsp3) is 0.364. The highest BCUT2D eigenvalue weighted by atomic mass is 32.2. The smallest absolute Gasteiger partial charge is 0.326 e. The van der Waals surface area contributed by atoms with E-state index < -0.39 is 27.9 Å². The molecule has 0 radical (unpaired) electrons. The van der Waals surface area contributed by atoms with Crippen molar-refractivity contribution in [2.24, 2.45) is 0 Å². The fourth-order valence-electron chi connectivity index (χ4n) is 1.38. The van der Waals surface area contributed by atoms with E-state index in [1.54, 1.807) is 12.1 Å². The number of carboxylic acids is 1. The van der Waals surface area contributed by atoms with Crippen molar-refractivity contribution in [1.29, 1.82) is 0 Å². The van der Waals surface area contributed by atoms with Gasteiger partial charge in [0, 0.05) is 5.69 Å². The van der Waals surface area contributed by atoms with Crippen LogP contribution in [0.1, 0.15) is 12.0 Å². The third kappa shape index (κ3) is 5.15. The Kier molecular flexibility index (Phi) is 4.69. The fourth-order valence-corrected chi connectivity index (χ4v) is 1.91. The largest absolute Gasteiger partial charge is 0.480 e. The lowest BCUT2D eigenvalue weighted by Gasteiger charge is -2.15. The van der Waals surface area contributed by atoms with Crippen molar-refractivity contribution >= 4 is 21.8 Å². The van der Waals surface area contributed by atoms with Crippen molar-refractivity contribution in [3.63, 3.8) is 0 Å². The molecule has 3 N–H and O–H groups in total. The summed E-state index contributed by atoms with van der Waals surface area (Å²) in [6.07, 6.45) is -0.206. The van der Waals surface area contributed by atoms with Gasteiger partial charge in [0.1, 0.15) is 6.04 Å². The summed E-state index contributed by atoms with van der Waals surface area (Å²) in [4.78, 5) is 10.9. The molecular weight excluding hydrogens is 258 g/mol. The maximum absolute atomic E-state index is 10.9. The van der Waals surface area contributed by atoms with E-state index in [9.17, 15) is 13.2 Å². The predicted octanol–water partition coefficient (Wildman–Crippen LogP) is 1.14. The van der Waals surface area contributed by atoms with E-state index in [0.717, 1.165) is 5.56 Å². The van der Waals surface area contributed by atoms with E-state index >= 15 is 0 Å². The summed E-state index contributed by atoms with van der Waals surface area (Å²) in [5.74, 6) is -1.76. The number of benzene rings is 1. The van der Waals surface area contributed by atoms with Crippen LogP contribution in [0.2, 0.25) is 0 Å². The minimum Gasteiger partial charge on any atom is -0.480 e. The minimum absolute atomic E-state index is 0.206. The molecule has 1 rings (SSSR count). The maximum Gasteiger partial charge on any atom is 0.326 e. The van der Waals surface area contributed by atoms with Gasteiger partial charge in [0.15, 0.2) is 0 Å². The summed E-state index contributed by atoms with van der Waals surface area (Å²) >= 11 is 0. The van der Waals surface area contributed by atoms with E-state index in [1.165, 1.54) is 0 Å². The topological polar surface area (TPSA) is 104 Å². The highest BCUT2D eigenvalue weighted by Gasteiger charge is 2.19. The molecule has 1 atom stereocenters. The number of anilines is 1. The van der Waals surface area contributed by atoms with Crippen molar-refractivity contribution in [2.45, 2.75) is 19.4 Å². The first kappa shape index (κ1) is 14.5. The number of carboxylic acid groups (broad SMARTS) is 1. The zero-order valence-electron chi connectivity index (χ0n) is 9.83. The average Bonchev–Trinajstić information content (AvgIpc) is 2.25. The molecule has 1 aromatic carbocycles. The molecule has 6 nitrogen and oxygen atoms in total. The second-order valence-corrected chi connectivity index (χ2v) is 5.55. The average molecular weight is 273 g/mol. The van der Waals surface area contributed by atoms with Gasteiger partial charge in [-0.05, 0) is 25.5 Å². The number of aryl methyl sites for hydroxylation is 1. The molecule has 0 saturated carbocycles. The van der Waals surface area contributed by atoms with Crippen LogP contribution in [0.4, 0.5) is 5.69 Å². The van der Waals surface area contributed by atoms with Gasteiger partial charge in [-0.1, -0.05) is 17.7 Å². The van der Waals surface area contributed by atoms with Crippen LogP contribution in [0, 0.1) is 6.92 Å². The molecule has 0 saturated heterocycles. The third-order valence-corrected chi connectivity index (χ3v) is 3.11. The lowest BCUT2D eigenvalue weighted by molar-refractivity contribution is -0.137. The number of aliphatic carboxylic acids is 1. The number of nitrogens with one attached hydrogen (secondary N) is 1. The Morgan fingerprint density at radius 2 is 1.89 bits per heavy atom. The maximum atomic E-state index is 10.9. The van der Waals surface area contributed by atoms with Gasteiger partial charge in [-0.3, -0.25) is 4.55 Å². The molecule has 0 spiro atoms. The van der Waals surface area contributed by atoms with Crippen molar-refractivity contribution in [2.75, 3.05) is 11.1 Å². The van der Waals surface area contributed by atoms with Crippen LogP contribution in [0.3, 0.4) is 0 Å². The molecule has 18 heavy (non-hydrogen) atoms. The number of hydrogen-bond acceptors (Lipinski definition) is 4. The summed E-state index contributed by atoms with van der Waals surface area (Å²) in [6.45, 7) is 1.90. The Hall–Kier alpha value is -1.60. The first-order chi connectivity index (χ1) is 8.28. The second kappa shape index (κ2) is 5.83. The molecule has 0 aliphatic heterocycles. The standard InChI is InChI=1S/C11H15NO5S/c1-8-2-4-9(5-3-8)12-10(11(13)14)6-7-18(15,16)17/h2-5,10,12H,6-7H2,1H3,(H,13,14)(H,15,16,17). The quantitative estimate of drug-likeness (QED) is 0.671. The SMILES string of the molecule is Cc1ccc(NC(CCS(=O)(=O)O)C(=O)O)cc1. The Bertz CT molecular complexity index is 509. The molecule has 0 amide bonds. The minimum atomic E-state index is -4.16. The molecule has 1 unspecified atom stereocenters. The lowest BCUT2D eigenvalue weighted by Crippen LogP contribution is -2.31. The van der Waals surface area contributed by atoms with Crippen LogP contribution in [0.25, 0.3) is 0 Å². The third-order valence-electron chi connectivity index (χ3n) is 2.36. The van der Waals surface area contributed by atoms with E-state index in [4.69, 9.17) is 9.66 Å². The first-order valence-electron chi connectivity index (χ1n) is 5.29. The van der Waals surface area contributed by atoms with Crippen molar-refractivity contribution in [3.8, 4) is 0 Å². The van der Waals surface area contributed by atoms with Gasteiger partial charge in [-0.25, -0.2) is 4.79 Å². The molecule has 0 aliphatic carbocycles. The van der Waals surface area contributed by atoms with Gasteiger partial charge in [0.2, 0.25) is 0 Å². The summed E-state index contributed by atoms with van der Waals surface area (Å²) in [5, 5.41) is 11.7. The Morgan fingerprint density at radius 1 is 1.33 bits per heavy atom. The van der Waals surface area contributed by atoms with Crippen LogP contribution in [0.5, 0.6) is 0 Å². The normalized spacial score (nSPS) is 13.0. The Balaban J connectivity index is 2.69. The summed E-state index contributed by atoms with van der Waals surface area (Å²) in [6, 6.07) is 5.97. The molecular formula is C11H15NO5S. The highest BCUT2D eigenvalue weighted by molar-refractivity contribution is 7.85. The Morgan fingerprint density at radius 3 is 2.33 bits per heavy atom. The van der Waals surface area contributed by atoms with E-state index in [1.807, 2.05) is 19.1 Å². The Labute approximate surface area is 105 Å². The zero-order chi connectivity index (χ0) is 13.8. The van der Waals surface area contributed by atoms with Gasteiger partial charge in [0.05, 0.1) is 5.75 Å². The number of rotatable bonds is 6. The zero-order valence-corrected chi connectivity index (χ0v) is 10.6. The number of hydrogen-bond donors (Lipinski definition) is 3. The predicted molar refractivity (Wildman–Crippen MR) is 67.3 cm³/mol. The molecule has 100 valence electrons. The molecule has 0 bridgehead atoms. The van der Waals surface area contributed by atoms with Crippen LogP contribution < -0.4 is 5.32 Å². The van der Waals surface area contributed by atoms with Gasteiger partial charge in [-0.2, -0.15) is 8.42 Å².